The van der Waals surface area contributed by atoms with E-state index in [4.69, 9.17) is 9.47 Å². The van der Waals surface area contributed by atoms with E-state index in [1.54, 1.807) is 19.1 Å². The summed E-state index contributed by atoms with van der Waals surface area (Å²) in [6, 6.07) is 15.4. The normalized spacial score (nSPS) is 12.9. The summed E-state index contributed by atoms with van der Waals surface area (Å²) in [7, 11) is 3.18. The van der Waals surface area contributed by atoms with Crippen LogP contribution < -0.4 is 19.7 Å². The highest BCUT2D eigenvalue weighted by Crippen LogP contribution is 2.39. The molecule has 0 unspecified atom stereocenters. The van der Waals surface area contributed by atoms with Crippen LogP contribution in [0, 0.1) is 6.92 Å². The highest BCUT2D eigenvalue weighted by atomic mass is 32.2. The molecule has 1 aliphatic heterocycles. The number of hydrogen-bond donors (Lipinski definition) is 1. The van der Waals surface area contributed by atoms with E-state index in [2.05, 4.69) is 10.4 Å². The second-order valence-corrected chi connectivity index (χ2v) is 8.51. The second-order valence-electron chi connectivity index (χ2n) is 7.54. The van der Waals surface area contributed by atoms with E-state index in [1.165, 1.54) is 11.8 Å². The van der Waals surface area contributed by atoms with Crippen molar-refractivity contribution < 1.29 is 19.1 Å². The van der Waals surface area contributed by atoms with Gasteiger partial charge in [-0.2, -0.15) is 5.10 Å². The molecule has 0 fully saturated rings. The maximum atomic E-state index is 12.7. The zero-order valence-corrected chi connectivity index (χ0v) is 19.6. The average molecular weight is 467 g/mol. The molecule has 0 bridgehead atoms. The molecule has 1 aromatic heterocycles. The van der Waals surface area contributed by atoms with Gasteiger partial charge >= 0.3 is 0 Å². The van der Waals surface area contributed by atoms with Gasteiger partial charge in [0.25, 0.3) is 0 Å². The van der Waals surface area contributed by atoms with Gasteiger partial charge in [0.2, 0.25) is 11.8 Å². The lowest BCUT2D eigenvalue weighted by Crippen LogP contribution is -2.43. The van der Waals surface area contributed by atoms with Crippen molar-refractivity contribution in [2.24, 2.45) is 0 Å². The number of methoxy groups -OCH3 is 2. The van der Waals surface area contributed by atoms with Gasteiger partial charge in [-0.15, -0.1) is 0 Å². The molecule has 0 atom stereocenters. The Bertz CT molecular complexity index is 1160. The zero-order chi connectivity index (χ0) is 23.4. The Balaban J connectivity index is 1.43. The maximum Gasteiger partial charge on any atom is 0.240 e. The van der Waals surface area contributed by atoms with Crippen molar-refractivity contribution in [1.82, 2.24) is 15.1 Å². The Hall–Kier alpha value is -3.46. The number of anilines is 1. The fourth-order valence-corrected chi connectivity index (χ4v) is 4.84. The predicted octanol–water partition coefficient (Wildman–Crippen LogP) is 3.00. The van der Waals surface area contributed by atoms with Crippen LogP contribution in [0.4, 0.5) is 5.69 Å². The first kappa shape index (κ1) is 22.7. The van der Waals surface area contributed by atoms with Crippen molar-refractivity contribution in [1.29, 1.82) is 0 Å². The molecule has 9 heteroatoms. The summed E-state index contributed by atoms with van der Waals surface area (Å²) >= 11 is 1.45. The third-order valence-electron chi connectivity index (χ3n) is 5.38. The molecule has 2 heterocycles. The quantitative estimate of drug-likeness (QED) is 0.549. The van der Waals surface area contributed by atoms with Gasteiger partial charge in [0.1, 0.15) is 11.6 Å². The van der Waals surface area contributed by atoms with Crippen LogP contribution >= 0.6 is 11.8 Å². The van der Waals surface area contributed by atoms with Crippen LogP contribution in [0.25, 0.3) is 5.69 Å². The molecular weight excluding hydrogens is 440 g/mol. The van der Waals surface area contributed by atoms with Crippen LogP contribution in [0.15, 0.2) is 53.6 Å². The Morgan fingerprint density at radius 1 is 1.12 bits per heavy atom. The van der Waals surface area contributed by atoms with Gasteiger partial charge in [0.15, 0.2) is 11.5 Å². The fourth-order valence-electron chi connectivity index (χ4n) is 3.76. The van der Waals surface area contributed by atoms with Crippen molar-refractivity contribution >= 4 is 29.3 Å². The molecule has 172 valence electrons. The Labute approximate surface area is 196 Å². The molecule has 2 amide bonds. The van der Waals surface area contributed by atoms with Gasteiger partial charge < -0.3 is 14.8 Å². The van der Waals surface area contributed by atoms with Crippen molar-refractivity contribution in [3.8, 4) is 17.2 Å². The van der Waals surface area contributed by atoms with E-state index < -0.39 is 0 Å². The Morgan fingerprint density at radius 2 is 1.88 bits per heavy atom. The lowest BCUT2D eigenvalue weighted by molar-refractivity contribution is -0.122. The lowest BCUT2D eigenvalue weighted by Gasteiger charge is -2.27. The van der Waals surface area contributed by atoms with E-state index in [1.807, 2.05) is 60.1 Å². The molecule has 0 aliphatic carbocycles. The highest BCUT2D eigenvalue weighted by Gasteiger charge is 2.32. The number of nitrogens with zero attached hydrogens (tertiary/aromatic N) is 3. The third-order valence-corrected chi connectivity index (χ3v) is 6.41. The number of nitrogens with one attached hydrogen (secondary N) is 1. The van der Waals surface area contributed by atoms with Crippen molar-refractivity contribution in [2.45, 2.75) is 18.4 Å². The number of para-hydroxylation sites is 1. The number of hydrogen-bond acceptors (Lipinski definition) is 6. The number of benzene rings is 2. The van der Waals surface area contributed by atoms with Crippen molar-refractivity contribution in [2.75, 3.05) is 38.0 Å². The first-order chi connectivity index (χ1) is 16.0. The van der Waals surface area contributed by atoms with E-state index >= 15 is 0 Å². The first-order valence-electron chi connectivity index (χ1n) is 10.6. The van der Waals surface area contributed by atoms with Crippen LogP contribution in [0.2, 0.25) is 0 Å². The van der Waals surface area contributed by atoms with Gasteiger partial charge in [0, 0.05) is 6.54 Å². The molecule has 3 aromatic rings. The molecule has 4 rings (SSSR count). The van der Waals surface area contributed by atoms with Gasteiger partial charge in [-0.25, -0.2) is 4.68 Å². The topological polar surface area (TPSA) is 85.7 Å². The van der Waals surface area contributed by atoms with Crippen LogP contribution in [0.3, 0.4) is 0 Å². The van der Waals surface area contributed by atoms with Crippen LogP contribution in [-0.4, -0.2) is 54.7 Å². The minimum atomic E-state index is -0.214. The second kappa shape index (κ2) is 9.99. The number of ether oxygens (including phenoxy) is 2. The summed E-state index contributed by atoms with van der Waals surface area (Å²) in [5.74, 6) is 1.26. The summed E-state index contributed by atoms with van der Waals surface area (Å²) < 4.78 is 12.4. The monoisotopic (exact) mass is 466 g/mol. The summed E-state index contributed by atoms with van der Waals surface area (Å²) in [6.45, 7) is 2.26. The van der Waals surface area contributed by atoms with Crippen LogP contribution in [-0.2, 0) is 16.0 Å². The largest absolute Gasteiger partial charge is 0.493 e. The Morgan fingerprint density at radius 3 is 2.61 bits per heavy atom. The molecule has 1 aliphatic rings. The standard InChI is InChI=1S/C24H26N4O4S/c1-16-23-24(28(26-16)18-7-5-4-6-8-18)33-15-22(30)27(23)14-21(29)25-12-11-17-9-10-19(31-2)20(13-17)32-3/h4-10,13H,11-12,14-15H2,1-3H3,(H,25,29). The number of carbonyl (C=O) groups excluding carboxylic acids is 2. The minimum absolute atomic E-state index is 0.0420. The molecule has 8 nitrogen and oxygen atoms in total. The maximum absolute atomic E-state index is 12.7. The minimum Gasteiger partial charge on any atom is -0.493 e. The number of amides is 2. The van der Waals surface area contributed by atoms with E-state index in [9.17, 15) is 9.59 Å². The van der Waals surface area contributed by atoms with Crippen molar-refractivity contribution in [3.05, 3.63) is 59.8 Å². The summed E-state index contributed by atoms with van der Waals surface area (Å²) in [5.41, 5.74) is 3.35. The van der Waals surface area contributed by atoms with Crippen LogP contribution in [0.5, 0.6) is 11.5 Å². The number of carbonyl (C=O) groups is 2. The fraction of sp³-hybridized carbons (Fsp3) is 0.292. The van der Waals surface area contributed by atoms with Gasteiger partial charge in [-0.3, -0.25) is 14.5 Å². The summed E-state index contributed by atoms with van der Waals surface area (Å²) in [4.78, 5) is 26.9. The number of thioether (sulfide) groups is 1. The van der Waals surface area contributed by atoms with E-state index in [0.29, 0.717) is 35.8 Å². The first-order valence-corrected chi connectivity index (χ1v) is 11.6. The predicted molar refractivity (Wildman–Crippen MR) is 128 cm³/mol. The number of fused-ring (bicyclic) bond motifs is 1. The molecule has 0 spiro atoms. The number of rotatable bonds is 8. The van der Waals surface area contributed by atoms with Crippen molar-refractivity contribution in [3.63, 3.8) is 0 Å². The smallest absolute Gasteiger partial charge is 0.240 e. The Kier molecular flexibility index (Phi) is 6.88. The van der Waals surface area contributed by atoms with E-state index in [0.717, 1.165) is 16.3 Å². The summed E-state index contributed by atoms with van der Waals surface area (Å²) in [6.07, 6.45) is 0.631. The van der Waals surface area contributed by atoms with Gasteiger partial charge in [-0.1, -0.05) is 36.0 Å². The van der Waals surface area contributed by atoms with Gasteiger partial charge in [-0.05, 0) is 43.2 Å². The highest BCUT2D eigenvalue weighted by molar-refractivity contribution is 8.00. The molecule has 1 N–H and O–H groups in total. The molecular formula is C24H26N4O4S. The number of aromatic nitrogens is 2. The number of aryl methyl sites for hydroxylation is 1. The molecule has 0 saturated heterocycles. The molecule has 0 radical (unpaired) electrons. The summed E-state index contributed by atoms with van der Waals surface area (Å²) in [5, 5.41) is 8.42. The van der Waals surface area contributed by atoms with Gasteiger partial charge in [0.05, 0.1) is 37.0 Å². The SMILES string of the molecule is COc1ccc(CCNC(=O)CN2C(=O)CSc3c2c(C)nn3-c2ccccc2)cc1OC. The lowest BCUT2D eigenvalue weighted by atomic mass is 10.1. The average Bonchev–Trinajstić information content (AvgIpc) is 3.17. The molecule has 0 saturated carbocycles. The third kappa shape index (κ3) is 4.83. The zero-order valence-electron chi connectivity index (χ0n) is 18.8. The van der Waals surface area contributed by atoms with E-state index in [-0.39, 0.29) is 24.1 Å². The van der Waals surface area contributed by atoms with Crippen LogP contribution in [0.1, 0.15) is 11.3 Å². The molecule has 33 heavy (non-hydrogen) atoms. The molecule has 2 aromatic carbocycles.